The zero-order valence-corrected chi connectivity index (χ0v) is 20.1. The summed E-state index contributed by atoms with van der Waals surface area (Å²) in [5.74, 6) is 2.11. The molecule has 0 saturated carbocycles. The number of aliphatic imine (C=N–C) groups is 1. The summed E-state index contributed by atoms with van der Waals surface area (Å²) in [7, 11) is 4.61. The molecule has 2 N–H and O–H groups in total. The second-order valence-electron chi connectivity index (χ2n) is 5.68. The summed E-state index contributed by atoms with van der Waals surface area (Å²) < 4.78 is 54.1. The van der Waals surface area contributed by atoms with E-state index < -0.39 is 11.9 Å². The number of rotatable bonds is 8. The minimum absolute atomic E-state index is 0. The summed E-state index contributed by atoms with van der Waals surface area (Å²) >= 11 is 0.937. The Kier molecular flexibility index (Phi) is 10.5. The Balaban J connectivity index is 0.00000450. The van der Waals surface area contributed by atoms with Crippen LogP contribution in [0.1, 0.15) is 23.2 Å². The van der Waals surface area contributed by atoms with Gasteiger partial charge < -0.3 is 24.8 Å². The smallest absolute Gasteiger partial charge is 0.434 e. The predicted octanol–water partition coefficient (Wildman–Crippen LogP) is 4.06. The standard InChI is InChI=1S/C18H23F3N4O3S.HI/c1-5-22-17(24-9-16-25-15(10-29-16)18(19,20)21)23-8-12-13(27-3)6-11(26-2)7-14(12)28-4;/h6-7,10H,5,8-9H2,1-4H3,(H2,22,23,24);1H. The van der Waals surface area contributed by atoms with Crippen LogP contribution in [0.2, 0.25) is 0 Å². The predicted molar refractivity (Wildman–Crippen MR) is 120 cm³/mol. The molecular formula is C18H24F3IN4O3S. The summed E-state index contributed by atoms with van der Waals surface area (Å²) in [5.41, 5.74) is -0.185. The lowest BCUT2D eigenvalue weighted by molar-refractivity contribution is -0.140. The molecule has 0 amide bonds. The molecule has 0 aliphatic heterocycles. The number of hydrogen-bond donors (Lipinski definition) is 2. The molecule has 30 heavy (non-hydrogen) atoms. The Labute approximate surface area is 194 Å². The fraction of sp³-hybridized carbons (Fsp3) is 0.444. The van der Waals surface area contributed by atoms with Crippen molar-refractivity contribution in [1.29, 1.82) is 0 Å². The molecule has 0 unspecified atom stereocenters. The maximum atomic E-state index is 12.7. The van der Waals surface area contributed by atoms with E-state index in [-0.39, 0.29) is 37.1 Å². The van der Waals surface area contributed by atoms with E-state index in [1.807, 2.05) is 6.92 Å². The first-order valence-electron chi connectivity index (χ1n) is 8.65. The van der Waals surface area contributed by atoms with Gasteiger partial charge >= 0.3 is 6.18 Å². The molecule has 0 aliphatic rings. The monoisotopic (exact) mass is 560 g/mol. The third-order valence-electron chi connectivity index (χ3n) is 3.81. The van der Waals surface area contributed by atoms with Crippen molar-refractivity contribution in [1.82, 2.24) is 15.6 Å². The normalized spacial score (nSPS) is 11.5. The van der Waals surface area contributed by atoms with Crippen LogP contribution in [0, 0.1) is 0 Å². The van der Waals surface area contributed by atoms with Gasteiger partial charge in [-0.3, -0.25) is 0 Å². The summed E-state index contributed by atoms with van der Waals surface area (Å²) in [4.78, 5) is 8.08. The molecule has 0 bridgehead atoms. The zero-order valence-electron chi connectivity index (χ0n) is 16.9. The molecule has 1 aromatic heterocycles. The molecule has 0 saturated heterocycles. The van der Waals surface area contributed by atoms with Crippen LogP contribution in [0.15, 0.2) is 22.5 Å². The summed E-state index contributed by atoms with van der Waals surface area (Å²) in [5, 5.41) is 7.33. The van der Waals surface area contributed by atoms with Gasteiger partial charge in [0.1, 0.15) is 22.3 Å². The summed E-state index contributed by atoms with van der Waals surface area (Å²) in [6, 6.07) is 3.45. The van der Waals surface area contributed by atoms with E-state index in [0.717, 1.165) is 16.7 Å². The van der Waals surface area contributed by atoms with E-state index >= 15 is 0 Å². The number of halogens is 4. The quantitative estimate of drug-likeness (QED) is 0.288. The average molecular weight is 560 g/mol. The lowest BCUT2D eigenvalue weighted by atomic mass is 10.1. The number of guanidine groups is 1. The maximum absolute atomic E-state index is 12.7. The minimum Gasteiger partial charge on any atom is -0.496 e. The summed E-state index contributed by atoms with van der Waals surface area (Å²) in [6.45, 7) is 2.80. The van der Waals surface area contributed by atoms with E-state index in [2.05, 4.69) is 20.6 Å². The minimum atomic E-state index is -4.45. The van der Waals surface area contributed by atoms with Crippen LogP contribution in [0.25, 0.3) is 0 Å². The first-order chi connectivity index (χ1) is 13.8. The highest BCUT2D eigenvalue weighted by Crippen LogP contribution is 2.34. The van der Waals surface area contributed by atoms with Crippen LogP contribution in [-0.4, -0.2) is 38.8 Å². The second kappa shape index (κ2) is 12.0. The van der Waals surface area contributed by atoms with Gasteiger partial charge in [0.25, 0.3) is 0 Å². The number of benzene rings is 1. The zero-order chi connectivity index (χ0) is 21.4. The topological polar surface area (TPSA) is 77.0 Å². The van der Waals surface area contributed by atoms with Crippen molar-refractivity contribution in [2.45, 2.75) is 26.2 Å². The van der Waals surface area contributed by atoms with Gasteiger partial charge in [-0.2, -0.15) is 13.2 Å². The Morgan fingerprint density at radius 2 is 1.73 bits per heavy atom. The highest BCUT2D eigenvalue weighted by molar-refractivity contribution is 14.0. The molecule has 2 rings (SSSR count). The first-order valence-corrected chi connectivity index (χ1v) is 9.53. The third-order valence-corrected chi connectivity index (χ3v) is 4.65. The SMILES string of the molecule is CCNC(=NCc1c(OC)cc(OC)cc1OC)NCc1nc(C(F)(F)F)cs1.I. The Hall–Kier alpha value is -1.96. The van der Waals surface area contributed by atoms with E-state index in [9.17, 15) is 13.2 Å². The van der Waals surface area contributed by atoms with Gasteiger partial charge in [-0.15, -0.1) is 35.3 Å². The van der Waals surface area contributed by atoms with Crippen LogP contribution in [0.3, 0.4) is 0 Å². The van der Waals surface area contributed by atoms with Crippen molar-refractivity contribution in [3.8, 4) is 17.2 Å². The van der Waals surface area contributed by atoms with E-state index in [0.29, 0.717) is 40.3 Å². The Morgan fingerprint density at radius 1 is 1.10 bits per heavy atom. The number of aromatic nitrogens is 1. The molecule has 0 spiro atoms. The van der Waals surface area contributed by atoms with Crippen molar-refractivity contribution in [3.05, 3.63) is 33.8 Å². The molecule has 2 aromatic rings. The van der Waals surface area contributed by atoms with Crippen LogP contribution in [-0.2, 0) is 19.3 Å². The van der Waals surface area contributed by atoms with E-state index in [1.165, 1.54) is 14.2 Å². The average Bonchev–Trinajstić information content (AvgIpc) is 3.19. The molecule has 0 atom stereocenters. The number of ether oxygens (including phenoxy) is 3. The molecule has 1 aromatic carbocycles. The lowest BCUT2D eigenvalue weighted by Crippen LogP contribution is -2.36. The Bertz CT molecular complexity index is 821. The van der Waals surface area contributed by atoms with Crippen molar-refractivity contribution in [2.75, 3.05) is 27.9 Å². The van der Waals surface area contributed by atoms with Crippen LogP contribution in [0.4, 0.5) is 13.2 Å². The number of nitrogens with one attached hydrogen (secondary N) is 2. The van der Waals surface area contributed by atoms with Gasteiger partial charge in [-0.05, 0) is 6.92 Å². The van der Waals surface area contributed by atoms with Crippen molar-refractivity contribution in [3.63, 3.8) is 0 Å². The highest BCUT2D eigenvalue weighted by atomic mass is 127. The molecule has 0 fully saturated rings. The molecular weight excluding hydrogens is 536 g/mol. The first kappa shape index (κ1) is 26.1. The van der Waals surface area contributed by atoms with E-state index in [4.69, 9.17) is 14.2 Å². The molecule has 0 aliphatic carbocycles. The maximum Gasteiger partial charge on any atom is 0.434 e. The molecule has 168 valence electrons. The highest BCUT2D eigenvalue weighted by Gasteiger charge is 2.33. The van der Waals surface area contributed by atoms with Gasteiger partial charge in [-0.1, -0.05) is 0 Å². The third kappa shape index (κ3) is 7.07. The van der Waals surface area contributed by atoms with Gasteiger partial charge in [0.2, 0.25) is 0 Å². The van der Waals surface area contributed by atoms with Crippen LogP contribution >= 0.6 is 35.3 Å². The van der Waals surface area contributed by atoms with Crippen molar-refractivity contribution < 1.29 is 27.4 Å². The van der Waals surface area contributed by atoms with Gasteiger partial charge in [-0.25, -0.2) is 9.98 Å². The van der Waals surface area contributed by atoms with Gasteiger partial charge in [0.05, 0.1) is 40.0 Å². The molecule has 7 nitrogen and oxygen atoms in total. The fourth-order valence-corrected chi connectivity index (χ4v) is 3.16. The van der Waals surface area contributed by atoms with Crippen molar-refractivity contribution >= 4 is 41.3 Å². The van der Waals surface area contributed by atoms with E-state index in [1.54, 1.807) is 19.2 Å². The number of nitrogens with zero attached hydrogens (tertiary/aromatic N) is 2. The largest absolute Gasteiger partial charge is 0.496 e. The molecule has 12 heteroatoms. The Morgan fingerprint density at radius 3 is 2.20 bits per heavy atom. The van der Waals surface area contributed by atoms with Gasteiger partial charge in [0.15, 0.2) is 11.7 Å². The molecule has 0 radical (unpaired) electrons. The van der Waals surface area contributed by atoms with Crippen LogP contribution < -0.4 is 24.8 Å². The van der Waals surface area contributed by atoms with Crippen molar-refractivity contribution in [2.24, 2.45) is 4.99 Å². The second-order valence-corrected chi connectivity index (χ2v) is 6.63. The lowest BCUT2D eigenvalue weighted by Gasteiger charge is -2.15. The number of hydrogen-bond acceptors (Lipinski definition) is 6. The number of methoxy groups -OCH3 is 3. The van der Waals surface area contributed by atoms with Crippen LogP contribution in [0.5, 0.6) is 17.2 Å². The van der Waals surface area contributed by atoms with Gasteiger partial charge in [0, 0.05) is 24.1 Å². The fourth-order valence-electron chi connectivity index (χ4n) is 2.42. The number of thiazole rings is 1. The number of alkyl halides is 3. The molecule has 1 heterocycles. The summed E-state index contributed by atoms with van der Waals surface area (Å²) in [6.07, 6.45) is -4.45.